The van der Waals surface area contributed by atoms with Gasteiger partial charge in [0.05, 0.1) is 21.9 Å². The molecule has 0 bridgehead atoms. The van der Waals surface area contributed by atoms with Gasteiger partial charge in [0.25, 0.3) is 5.69 Å². The first-order chi connectivity index (χ1) is 20.3. The normalized spacial score (nSPS) is 23.2. The minimum absolute atomic E-state index is 0.0703. The first kappa shape index (κ1) is 25.9. The summed E-state index contributed by atoms with van der Waals surface area (Å²) >= 11 is 6.55. The van der Waals surface area contributed by atoms with Crippen LogP contribution in [0.3, 0.4) is 0 Å². The highest BCUT2D eigenvalue weighted by Crippen LogP contribution is 2.62. The zero-order valence-corrected chi connectivity index (χ0v) is 22.7. The number of hydrogen-bond acceptors (Lipinski definition) is 6. The van der Waals surface area contributed by atoms with Gasteiger partial charge in [-0.25, -0.2) is 0 Å². The van der Waals surface area contributed by atoms with E-state index in [9.17, 15) is 24.5 Å². The van der Waals surface area contributed by atoms with Crippen LogP contribution in [0.15, 0.2) is 103 Å². The van der Waals surface area contributed by atoms with Gasteiger partial charge in [-0.15, -0.1) is 0 Å². The van der Waals surface area contributed by atoms with E-state index in [2.05, 4.69) is 5.32 Å². The highest BCUT2D eigenvalue weighted by molar-refractivity contribution is 6.34. The highest BCUT2D eigenvalue weighted by Gasteiger charge is 2.70. The Morgan fingerprint density at radius 3 is 2.45 bits per heavy atom. The lowest BCUT2D eigenvalue weighted by atomic mass is 9.62. The van der Waals surface area contributed by atoms with Crippen molar-refractivity contribution in [1.29, 1.82) is 0 Å². The number of benzene rings is 4. The van der Waals surface area contributed by atoms with E-state index >= 15 is 0 Å². The van der Waals surface area contributed by atoms with E-state index in [-0.39, 0.29) is 21.8 Å². The smallest absolute Gasteiger partial charge is 0.270 e. The number of ketones is 2. The first-order valence-corrected chi connectivity index (χ1v) is 13.7. The molecule has 0 radical (unpaired) electrons. The number of rotatable bonds is 5. The number of Topliss-reactive ketones (excluding diaryl/α,β-unsaturated/α-hetero) is 2. The molecule has 1 N–H and O–H groups in total. The predicted octanol–water partition coefficient (Wildman–Crippen LogP) is 6.23. The van der Waals surface area contributed by atoms with Crippen LogP contribution < -0.4 is 5.32 Å². The van der Waals surface area contributed by atoms with Crippen molar-refractivity contribution in [3.63, 3.8) is 0 Å². The van der Waals surface area contributed by atoms with Crippen LogP contribution in [0.4, 0.5) is 11.4 Å². The molecule has 1 spiro atoms. The maximum Gasteiger partial charge on any atom is 0.270 e. The van der Waals surface area contributed by atoms with Gasteiger partial charge in [-0.3, -0.25) is 24.5 Å². The summed E-state index contributed by atoms with van der Waals surface area (Å²) in [6, 6.07) is 24.9. The second-order valence-corrected chi connectivity index (χ2v) is 11.0. The number of nitro benzene ring substituents is 1. The van der Waals surface area contributed by atoms with Gasteiger partial charge in [0.2, 0.25) is 5.91 Å². The van der Waals surface area contributed by atoms with Crippen molar-refractivity contribution in [1.82, 2.24) is 4.90 Å². The van der Waals surface area contributed by atoms with E-state index in [1.165, 1.54) is 24.3 Å². The average Bonchev–Trinajstić information content (AvgIpc) is 3.49. The lowest BCUT2D eigenvalue weighted by Gasteiger charge is -2.38. The van der Waals surface area contributed by atoms with Crippen molar-refractivity contribution in [3.05, 3.63) is 146 Å². The van der Waals surface area contributed by atoms with Crippen LogP contribution in [0.2, 0.25) is 5.02 Å². The molecular weight excluding hydrogens is 554 g/mol. The van der Waals surface area contributed by atoms with E-state index in [1.807, 2.05) is 42.5 Å². The monoisotopic (exact) mass is 575 g/mol. The number of carbonyl (C=O) groups excluding carboxylic acids is 3. The molecule has 1 saturated heterocycles. The van der Waals surface area contributed by atoms with Crippen LogP contribution in [0.1, 0.15) is 43.4 Å². The second kappa shape index (κ2) is 9.49. The van der Waals surface area contributed by atoms with Gasteiger partial charge >= 0.3 is 0 Å². The Labute approximate surface area is 245 Å². The highest BCUT2D eigenvalue weighted by atomic mass is 35.5. The van der Waals surface area contributed by atoms with Crippen LogP contribution in [0.25, 0.3) is 6.08 Å². The molecule has 1 amide bonds. The summed E-state index contributed by atoms with van der Waals surface area (Å²) in [4.78, 5) is 56.6. The first-order valence-electron chi connectivity index (χ1n) is 13.4. The predicted molar refractivity (Wildman–Crippen MR) is 157 cm³/mol. The maximum absolute atomic E-state index is 14.8. The Hall–Kier alpha value is -5.08. The van der Waals surface area contributed by atoms with Gasteiger partial charge in [0.1, 0.15) is 11.5 Å². The molecule has 42 heavy (non-hydrogen) atoms. The van der Waals surface area contributed by atoms with Gasteiger partial charge in [-0.1, -0.05) is 78.3 Å². The molecule has 3 aliphatic heterocycles. The molecule has 4 aromatic carbocycles. The molecule has 0 unspecified atom stereocenters. The van der Waals surface area contributed by atoms with Crippen molar-refractivity contribution < 1.29 is 19.3 Å². The molecule has 206 valence electrons. The van der Waals surface area contributed by atoms with Gasteiger partial charge in [0, 0.05) is 35.1 Å². The minimum atomic E-state index is -1.52. The fourth-order valence-electron chi connectivity index (χ4n) is 6.94. The van der Waals surface area contributed by atoms with E-state index in [0.29, 0.717) is 11.3 Å². The Balaban J connectivity index is 1.54. The third kappa shape index (κ3) is 3.51. The molecule has 7 rings (SSSR count). The molecule has 8 nitrogen and oxygen atoms in total. The summed E-state index contributed by atoms with van der Waals surface area (Å²) in [5.41, 5.74) is 1.32. The van der Waals surface area contributed by atoms with Crippen molar-refractivity contribution in [2.75, 3.05) is 5.32 Å². The summed E-state index contributed by atoms with van der Waals surface area (Å²) in [7, 11) is 0. The SMILES string of the molecule is O=C(c1cccc([N+](=O)[O-])c1)[C@@H]1[C@@H](C(=O)c2ccccc2Cl)[C@@]2(C(=O)Nc3ccccc32)[C@H]2c3ccccc3C=CN12. The summed E-state index contributed by atoms with van der Waals surface area (Å²) in [6.45, 7) is 0. The molecule has 3 heterocycles. The zero-order valence-electron chi connectivity index (χ0n) is 21.9. The number of nitrogens with zero attached hydrogens (tertiary/aromatic N) is 2. The summed E-state index contributed by atoms with van der Waals surface area (Å²) < 4.78 is 0. The number of hydrogen-bond donors (Lipinski definition) is 1. The molecular formula is C33H22ClN3O5. The molecule has 4 aromatic rings. The maximum atomic E-state index is 14.8. The van der Waals surface area contributed by atoms with E-state index in [1.54, 1.807) is 47.5 Å². The number of amides is 1. The van der Waals surface area contributed by atoms with Crippen LogP contribution in [-0.2, 0) is 10.2 Å². The molecule has 9 heteroatoms. The van der Waals surface area contributed by atoms with E-state index in [0.717, 1.165) is 11.1 Å². The van der Waals surface area contributed by atoms with Crippen LogP contribution >= 0.6 is 11.6 Å². The Morgan fingerprint density at radius 1 is 0.905 bits per heavy atom. The average molecular weight is 576 g/mol. The molecule has 3 aliphatic rings. The summed E-state index contributed by atoms with van der Waals surface area (Å²) in [6.07, 6.45) is 3.61. The largest absolute Gasteiger partial charge is 0.358 e. The Morgan fingerprint density at radius 2 is 1.64 bits per heavy atom. The van der Waals surface area contributed by atoms with Crippen LogP contribution in [-0.4, -0.2) is 33.3 Å². The van der Waals surface area contributed by atoms with Gasteiger partial charge in [-0.2, -0.15) is 0 Å². The zero-order chi connectivity index (χ0) is 29.2. The molecule has 0 aliphatic carbocycles. The lowest BCUT2D eigenvalue weighted by Crippen LogP contribution is -2.49. The summed E-state index contributed by atoms with van der Waals surface area (Å²) in [5, 5.41) is 14.8. The fraction of sp³-hybridized carbons (Fsp3) is 0.121. The van der Waals surface area contributed by atoms with Crippen molar-refractivity contribution in [2.24, 2.45) is 5.92 Å². The number of para-hydroxylation sites is 1. The lowest BCUT2D eigenvalue weighted by molar-refractivity contribution is -0.384. The molecule has 1 fully saturated rings. The number of anilines is 1. The standard InChI is InChI=1S/C33H22ClN3O5/c34-25-14-5-3-12-23(25)30(39)27-28(29(38)20-9-7-10-21(18-20)37(41)42)36-17-16-19-8-1-2-11-22(19)31(36)33(27)24-13-4-6-15-26(24)35-32(33)40/h1-18,27-28,31H,(H,35,40)/t27-,28-,31+,33+/m0/s1. The number of nitrogens with one attached hydrogen (secondary N) is 1. The third-order valence-corrected chi connectivity index (χ3v) is 8.93. The molecule has 0 saturated carbocycles. The number of fused-ring (bicyclic) bond motifs is 6. The second-order valence-electron chi connectivity index (χ2n) is 10.6. The van der Waals surface area contributed by atoms with Crippen molar-refractivity contribution >= 4 is 46.5 Å². The number of halogens is 1. The van der Waals surface area contributed by atoms with E-state index in [4.69, 9.17) is 11.6 Å². The van der Waals surface area contributed by atoms with Gasteiger partial charge in [0.15, 0.2) is 11.6 Å². The van der Waals surface area contributed by atoms with Crippen molar-refractivity contribution in [2.45, 2.75) is 17.5 Å². The Kier molecular flexibility index (Phi) is 5.85. The number of carbonyl (C=O) groups is 3. The Bertz CT molecular complexity index is 1870. The quantitative estimate of drug-likeness (QED) is 0.172. The topological polar surface area (TPSA) is 110 Å². The number of non-ortho nitro benzene ring substituents is 1. The molecule has 4 atom stereocenters. The van der Waals surface area contributed by atoms with Crippen LogP contribution in [0, 0.1) is 16.0 Å². The molecule has 0 aromatic heterocycles. The third-order valence-electron chi connectivity index (χ3n) is 8.60. The van der Waals surface area contributed by atoms with Gasteiger partial charge < -0.3 is 10.2 Å². The summed E-state index contributed by atoms with van der Waals surface area (Å²) in [5.74, 6) is -2.60. The van der Waals surface area contributed by atoms with E-state index < -0.39 is 45.8 Å². The van der Waals surface area contributed by atoms with Crippen LogP contribution in [0.5, 0.6) is 0 Å². The minimum Gasteiger partial charge on any atom is -0.358 e. The van der Waals surface area contributed by atoms with Crippen molar-refractivity contribution in [3.8, 4) is 0 Å². The van der Waals surface area contributed by atoms with Gasteiger partial charge in [-0.05, 0) is 41.0 Å². The fourth-order valence-corrected chi connectivity index (χ4v) is 7.17. The number of nitro groups is 1.